The van der Waals surface area contributed by atoms with Crippen molar-refractivity contribution in [2.75, 3.05) is 0 Å². The van der Waals surface area contributed by atoms with E-state index in [-0.39, 0.29) is 5.82 Å². The first kappa shape index (κ1) is 9.44. The van der Waals surface area contributed by atoms with Crippen LogP contribution in [0.5, 0.6) is 0 Å². The number of hydrogen-bond acceptors (Lipinski definition) is 3. The van der Waals surface area contributed by atoms with Crippen molar-refractivity contribution < 1.29 is 4.79 Å². The minimum atomic E-state index is -0.601. The molecule has 0 atom stereocenters. The molecule has 70 valence electrons. The van der Waals surface area contributed by atoms with Crippen LogP contribution in [0.25, 0.3) is 0 Å². The van der Waals surface area contributed by atoms with Gasteiger partial charge in [-0.1, -0.05) is 11.6 Å². The van der Waals surface area contributed by atoms with Crippen molar-refractivity contribution in [1.29, 1.82) is 0 Å². The highest BCUT2D eigenvalue weighted by Crippen LogP contribution is 1.93. The van der Waals surface area contributed by atoms with Crippen molar-refractivity contribution in [1.82, 2.24) is 14.8 Å². The number of primary amides is 1. The number of carbonyl (C=O) groups is 1. The van der Waals surface area contributed by atoms with E-state index in [4.69, 9.17) is 5.73 Å². The molecule has 0 aliphatic carbocycles. The molecule has 0 spiro atoms. The van der Waals surface area contributed by atoms with Crippen molar-refractivity contribution in [2.45, 2.75) is 20.4 Å². The number of allylic oxidation sites excluding steroid dienone is 2. The van der Waals surface area contributed by atoms with Gasteiger partial charge < -0.3 is 5.73 Å². The highest BCUT2D eigenvalue weighted by molar-refractivity contribution is 5.88. The first-order chi connectivity index (χ1) is 6.09. The molecule has 0 aliphatic heterocycles. The summed E-state index contributed by atoms with van der Waals surface area (Å²) in [7, 11) is 0. The second kappa shape index (κ2) is 3.84. The van der Waals surface area contributed by atoms with Crippen LogP contribution in [0.2, 0.25) is 0 Å². The Kier molecular flexibility index (Phi) is 2.79. The molecular weight excluding hydrogens is 168 g/mol. The summed E-state index contributed by atoms with van der Waals surface area (Å²) in [6.45, 7) is 4.60. The number of nitrogens with two attached hydrogens (primary N) is 1. The highest BCUT2D eigenvalue weighted by Gasteiger charge is 2.04. The SMILES string of the molecule is CC(C)=CCn1cnc(C(N)=O)n1. The number of carbonyl (C=O) groups excluding carboxylic acids is 1. The molecular formula is C8H12N4O. The van der Waals surface area contributed by atoms with Gasteiger partial charge in [0.1, 0.15) is 6.33 Å². The van der Waals surface area contributed by atoms with E-state index >= 15 is 0 Å². The fourth-order valence-corrected chi connectivity index (χ4v) is 0.772. The van der Waals surface area contributed by atoms with E-state index in [0.29, 0.717) is 6.54 Å². The number of aromatic nitrogens is 3. The number of nitrogens with zero attached hydrogens (tertiary/aromatic N) is 3. The number of rotatable bonds is 3. The summed E-state index contributed by atoms with van der Waals surface area (Å²) in [5.74, 6) is -0.543. The van der Waals surface area contributed by atoms with Gasteiger partial charge in [-0.25, -0.2) is 9.67 Å². The molecule has 0 unspecified atom stereocenters. The van der Waals surface area contributed by atoms with E-state index in [0.717, 1.165) is 0 Å². The zero-order valence-corrected chi connectivity index (χ0v) is 7.69. The normalized spacial score (nSPS) is 9.69. The molecule has 5 heteroatoms. The molecule has 2 N–H and O–H groups in total. The van der Waals surface area contributed by atoms with E-state index in [1.165, 1.54) is 11.9 Å². The number of amides is 1. The molecule has 0 aliphatic rings. The third kappa shape index (κ3) is 2.70. The lowest BCUT2D eigenvalue weighted by molar-refractivity contribution is 0.0990. The van der Waals surface area contributed by atoms with Gasteiger partial charge in [0, 0.05) is 0 Å². The average molecular weight is 180 g/mol. The van der Waals surface area contributed by atoms with E-state index in [1.807, 2.05) is 19.9 Å². The Balaban J connectivity index is 2.70. The molecule has 1 aromatic rings. The standard InChI is InChI=1S/C8H12N4O/c1-6(2)3-4-12-5-10-8(11-12)7(9)13/h3,5H,4H2,1-2H3,(H2,9,13). The molecule has 0 fully saturated rings. The Labute approximate surface area is 76.3 Å². The van der Waals surface area contributed by atoms with Crippen LogP contribution >= 0.6 is 0 Å². The summed E-state index contributed by atoms with van der Waals surface area (Å²) < 4.78 is 1.56. The Bertz CT molecular complexity index is 336. The lowest BCUT2D eigenvalue weighted by Crippen LogP contribution is -2.13. The molecule has 1 aromatic heterocycles. The van der Waals surface area contributed by atoms with Crippen LogP contribution in [0.4, 0.5) is 0 Å². The van der Waals surface area contributed by atoms with Gasteiger partial charge >= 0.3 is 0 Å². The van der Waals surface area contributed by atoms with Crippen molar-refractivity contribution in [3.05, 3.63) is 23.8 Å². The van der Waals surface area contributed by atoms with Gasteiger partial charge in [-0.2, -0.15) is 0 Å². The molecule has 0 saturated heterocycles. The zero-order chi connectivity index (χ0) is 9.84. The van der Waals surface area contributed by atoms with E-state index in [1.54, 1.807) is 4.68 Å². The average Bonchev–Trinajstić information content (AvgIpc) is 2.48. The molecule has 13 heavy (non-hydrogen) atoms. The Morgan fingerprint density at radius 3 is 2.85 bits per heavy atom. The molecule has 0 aromatic carbocycles. The lowest BCUT2D eigenvalue weighted by atomic mass is 10.3. The van der Waals surface area contributed by atoms with Crippen LogP contribution < -0.4 is 5.73 Å². The van der Waals surface area contributed by atoms with Gasteiger partial charge in [0.2, 0.25) is 5.82 Å². The van der Waals surface area contributed by atoms with Gasteiger partial charge in [0.05, 0.1) is 6.54 Å². The van der Waals surface area contributed by atoms with Crippen molar-refractivity contribution >= 4 is 5.91 Å². The van der Waals surface area contributed by atoms with Crippen LogP contribution in [0.15, 0.2) is 18.0 Å². The van der Waals surface area contributed by atoms with Gasteiger partial charge in [-0.05, 0) is 13.8 Å². The largest absolute Gasteiger partial charge is 0.363 e. The second-order valence-corrected chi connectivity index (χ2v) is 2.94. The first-order valence-electron chi connectivity index (χ1n) is 3.92. The Morgan fingerprint density at radius 1 is 1.69 bits per heavy atom. The fourth-order valence-electron chi connectivity index (χ4n) is 0.772. The van der Waals surface area contributed by atoms with Gasteiger partial charge in [-0.3, -0.25) is 4.79 Å². The third-order valence-corrected chi connectivity index (χ3v) is 1.44. The minimum absolute atomic E-state index is 0.0576. The number of hydrogen-bond donors (Lipinski definition) is 1. The summed E-state index contributed by atoms with van der Waals surface area (Å²) in [5, 5.41) is 3.87. The maximum atomic E-state index is 10.6. The summed E-state index contributed by atoms with van der Waals surface area (Å²) >= 11 is 0. The van der Waals surface area contributed by atoms with Crippen LogP contribution in [0, 0.1) is 0 Å². The second-order valence-electron chi connectivity index (χ2n) is 2.94. The van der Waals surface area contributed by atoms with Crippen LogP contribution in [-0.2, 0) is 6.54 Å². The monoisotopic (exact) mass is 180 g/mol. The molecule has 1 amide bonds. The zero-order valence-electron chi connectivity index (χ0n) is 7.69. The van der Waals surface area contributed by atoms with Gasteiger partial charge in [-0.15, -0.1) is 5.10 Å². The quantitative estimate of drug-likeness (QED) is 0.682. The van der Waals surface area contributed by atoms with Gasteiger partial charge in [0.25, 0.3) is 5.91 Å². The topological polar surface area (TPSA) is 73.8 Å². The maximum Gasteiger partial charge on any atom is 0.288 e. The van der Waals surface area contributed by atoms with Crippen LogP contribution in [0.3, 0.4) is 0 Å². The van der Waals surface area contributed by atoms with Crippen molar-refractivity contribution in [3.63, 3.8) is 0 Å². The molecule has 0 saturated carbocycles. The van der Waals surface area contributed by atoms with Crippen LogP contribution in [0.1, 0.15) is 24.5 Å². The molecule has 0 radical (unpaired) electrons. The van der Waals surface area contributed by atoms with Gasteiger partial charge in [0.15, 0.2) is 0 Å². The molecule has 1 rings (SSSR count). The fraction of sp³-hybridized carbons (Fsp3) is 0.375. The van der Waals surface area contributed by atoms with Crippen LogP contribution in [-0.4, -0.2) is 20.7 Å². The summed E-state index contributed by atoms with van der Waals surface area (Å²) in [6, 6.07) is 0. The molecule has 0 bridgehead atoms. The minimum Gasteiger partial charge on any atom is -0.363 e. The summed E-state index contributed by atoms with van der Waals surface area (Å²) in [6.07, 6.45) is 3.47. The van der Waals surface area contributed by atoms with E-state index in [2.05, 4.69) is 10.1 Å². The first-order valence-corrected chi connectivity index (χ1v) is 3.92. The van der Waals surface area contributed by atoms with E-state index < -0.39 is 5.91 Å². The Morgan fingerprint density at radius 2 is 2.38 bits per heavy atom. The maximum absolute atomic E-state index is 10.6. The van der Waals surface area contributed by atoms with E-state index in [9.17, 15) is 4.79 Å². The lowest BCUT2D eigenvalue weighted by Gasteiger charge is -1.93. The smallest absolute Gasteiger partial charge is 0.288 e. The molecule has 5 nitrogen and oxygen atoms in total. The van der Waals surface area contributed by atoms with Crippen molar-refractivity contribution in [3.8, 4) is 0 Å². The van der Waals surface area contributed by atoms with Crippen molar-refractivity contribution in [2.24, 2.45) is 5.73 Å². The Hall–Kier alpha value is -1.65. The summed E-state index contributed by atoms with van der Waals surface area (Å²) in [5.41, 5.74) is 6.18. The highest BCUT2D eigenvalue weighted by atomic mass is 16.1. The summed E-state index contributed by atoms with van der Waals surface area (Å²) in [4.78, 5) is 14.4. The third-order valence-electron chi connectivity index (χ3n) is 1.44. The molecule has 1 heterocycles. The predicted octanol–water partition coefficient (Wildman–Crippen LogP) is 0.343. The predicted molar refractivity (Wildman–Crippen MR) is 48.0 cm³/mol.